The Morgan fingerprint density at radius 3 is 2.25 bits per heavy atom. The third kappa shape index (κ3) is 4.21. The summed E-state index contributed by atoms with van der Waals surface area (Å²) < 4.78 is 1.15. The summed E-state index contributed by atoms with van der Waals surface area (Å²) in [4.78, 5) is 0.497. The van der Waals surface area contributed by atoms with E-state index >= 15 is 0 Å². The fourth-order valence-electron chi connectivity index (χ4n) is 1.94. The number of rotatable bonds is 6. The maximum absolute atomic E-state index is 3.85. The summed E-state index contributed by atoms with van der Waals surface area (Å²) in [5.74, 6) is 0.751. The Labute approximate surface area is 116 Å². The Hall–Kier alpha value is 0.180. The maximum Gasteiger partial charge on any atom is 0.0423 e. The van der Waals surface area contributed by atoms with Gasteiger partial charge in [0, 0.05) is 9.30 Å². The second kappa shape index (κ2) is 7.50. The van der Waals surface area contributed by atoms with Crippen molar-refractivity contribution in [2.24, 2.45) is 5.92 Å². The SMILES string of the molecule is CCCCC(CC)C(Br)c1ccc(Br)cc1. The molecule has 0 amide bonds. The third-order valence-electron chi connectivity index (χ3n) is 3.06. The predicted molar refractivity (Wildman–Crippen MR) is 79.1 cm³/mol. The highest BCUT2D eigenvalue weighted by molar-refractivity contribution is 9.10. The van der Waals surface area contributed by atoms with Gasteiger partial charge in [-0.15, -0.1) is 0 Å². The fraction of sp³-hybridized carbons (Fsp3) is 0.571. The van der Waals surface area contributed by atoms with Gasteiger partial charge in [0.15, 0.2) is 0 Å². The Bertz CT molecular complexity index is 292. The average Bonchev–Trinajstić information content (AvgIpc) is 2.30. The Balaban J connectivity index is 2.66. The number of hydrogen-bond acceptors (Lipinski definition) is 0. The van der Waals surface area contributed by atoms with Crippen molar-refractivity contribution < 1.29 is 0 Å². The fourth-order valence-corrected chi connectivity index (χ4v) is 3.15. The summed E-state index contributed by atoms with van der Waals surface area (Å²) in [7, 11) is 0. The molecule has 0 radical (unpaired) electrons. The van der Waals surface area contributed by atoms with E-state index in [-0.39, 0.29) is 0 Å². The smallest absolute Gasteiger partial charge is 0.0423 e. The number of halogens is 2. The van der Waals surface area contributed by atoms with Crippen molar-refractivity contribution in [3.8, 4) is 0 Å². The van der Waals surface area contributed by atoms with Crippen LogP contribution in [0.25, 0.3) is 0 Å². The Morgan fingerprint density at radius 1 is 1.12 bits per heavy atom. The molecular weight excluding hydrogens is 328 g/mol. The van der Waals surface area contributed by atoms with Gasteiger partial charge in [-0.1, -0.05) is 77.1 Å². The van der Waals surface area contributed by atoms with Crippen LogP contribution in [-0.4, -0.2) is 0 Å². The van der Waals surface area contributed by atoms with Crippen LogP contribution in [-0.2, 0) is 0 Å². The Kier molecular flexibility index (Phi) is 6.67. The lowest BCUT2D eigenvalue weighted by molar-refractivity contribution is 0.446. The van der Waals surface area contributed by atoms with Crippen molar-refractivity contribution in [1.29, 1.82) is 0 Å². The summed E-state index contributed by atoms with van der Waals surface area (Å²) in [5, 5.41) is 0. The van der Waals surface area contributed by atoms with Crippen molar-refractivity contribution in [3.63, 3.8) is 0 Å². The minimum absolute atomic E-state index is 0.497. The largest absolute Gasteiger partial charge is 0.0836 e. The van der Waals surface area contributed by atoms with Crippen LogP contribution in [0, 0.1) is 5.92 Å². The van der Waals surface area contributed by atoms with E-state index in [9.17, 15) is 0 Å². The molecule has 1 rings (SSSR count). The first-order chi connectivity index (χ1) is 7.69. The van der Waals surface area contributed by atoms with Crippen LogP contribution in [0.15, 0.2) is 28.7 Å². The molecule has 1 aromatic rings. The minimum Gasteiger partial charge on any atom is -0.0836 e. The average molecular weight is 348 g/mol. The van der Waals surface area contributed by atoms with Gasteiger partial charge in [-0.25, -0.2) is 0 Å². The highest BCUT2D eigenvalue weighted by Gasteiger charge is 2.18. The van der Waals surface area contributed by atoms with Gasteiger partial charge in [0.2, 0.25) is 0 Å². The molecule has 0 aliphatic rings. The van der Waals surface area contributed by atoms with E-state index < -0.39 is 0 Å². The predicted octanol–water partition coefficient (Wildman–Crippen LogP) is 6.10. The standard InChI is InChI=1S/C14H20Br2/c1-3-5-6-11(4-2)14(16)12-7-9-13(15)10-8-12/h7-11,14H,3-6H2,1-2H3. The first-order valence-corrected chi connectivity index (χ1v) is 7.79. The molecule has 2 atom stereocenters. The lowest BCUT2D eigenvalue weighted by Gasteiger charge is -2.21. The first-order valence-electron chi connectivity index (χ1n) is 6.08. The van der Waals surface area contributed by atoms with Gasteiger partial charge < -0.3 is 0 Å². The summed E-state index contributed by atoms with van der Waals surface area (Å²) >= 11 is 7.33. The zero-order valence-electron chi connectivity index (χ0n) is 10.0. The van der Waals surface area contributed by atoms with Crippen LogP contribution < -0.4 is 0 Å². The lowest BCUT2D eigenvalue weighted by atomic mass is 9.92. The quantitative estimate of drug-likeness (QED) is 0.545. The highest BCUT2D eigenvalue weighted by Crippen LogP contribution is 2.36. The van der Waals surface area contributed by atoms with E-state index in [0.29, 0.717) is 4.83 Å². The third-order valence-corrected chi connectivity index (χ3v) is 4.86. The van der Waals surface area contributed by atoms with E-state index in [2.05, 4.69) is 70.0 Å². The lowest BCUT2D eigenvalue weighted by Crippen LogP contribution is -2.06. The van der Waals surface area contributed by atoms with E-state index in [1.54, 1.807) is 0 Å². The van der Waals surface area contributed by atoms with Crippen LogP contribution in [0.5, 0.6) is 0 Å². The molecule has 0 aliphatic heterocycles. The van der Waals surface area contributed by atoms with Gasteiger partial charge in [0.1, 0.15) is 0 Å². The zero-order chi connectivity index (χ0) is 12.0. The normalized spacial score (nSPS) is 14.8. The maximum atomic E-state index is 3.85. The molecule has 0 spiro atoms. The van der Waals surface area contributed by atoms with Crippen LogP contribution in [0.3, 0.4) is 0 Å². The molecular formula is C14H20Br2. The van der Waals surface area contributed by atoms with Crippen LogP contribution in [0.4, 0.5) is 0 Å². The van der Waals surface area contributed by atoms with Gasteiger partial charge in [-0.05, 0) is 30.0 Å². The monoisotopic (exact) mass is 346 g/mol. The zero-order valence-corrected chi connectivity index (χ0v) is 13.2. The van der Waals surface area contributed by atoms with E-state index in [1.165, 1.54) is 31.2 Å². The molecule has 0 N–H and O–H groups in total. The van der Waals surface area contributed by atoms with Crippen LogP contribution in [0.1, 0.15) is 49.9 Å². The van der Waals surface area contributed by atoms with E-state index in [1.807, 2.05) is 0 Å². The van der Waals surface area contributed by atoms with Crippen molar-refractivity contribution in [3.05, 3.63) is 34.3 Å². The molecule has 0 saturated heterocycles. The number of benzene rings is 1. The van der Waals surface area contributed by atoms with E-state index in [4.69, 9.17) is 0 Å². The minimum atomic E-state index is 0.497. The second-order valence-corrected chi connectivity index (χ2v) is 6.17. The number of hydrogen-bond donors (Lipinski definition) is 0. The molecule has 0 aliphatic carbocycles. The van der Waals surface area contributed by atoms with Gasteiger partial charge in [0.05, 0.1) is 0 Å². The van der Waals surface area contributed by atoms with Gasteiger partial charge in [0.25, 0.3) is 0 Å². The molecule has 0 aromatic heterocycles. The molecule has 0 bridgehead atoms. The van der Waals surface area contributed by atoms with Crippen LogP contribution in [0.2, 0.25) is 0 Å². The van der Waals surface area contributed by atoms with Crippen molar-refractivity contribution in [2.75, 3.05) is 0 Å². The van der Waals surface area contributed by atoms with Gasteiger partial charge >= 0.3 is 0 Å². The summed E-state index contributed by atoms with van der Waals surface area (Å²) in [6, 6.07) is 8.66. The number of unbranched alkanes of at least 4 members (excludes halogenated alkanes) is 1. The molecule has 0 saturated carbocycles. The molecule has 2 unspecified atom stereocenters. The highest BCUT2D eigenvalue weighted by atomic mass is 79.9. The molecule has 0 heterocycles. The molecule has 2 heteroatoms. The van der Waals surface area contributed by atoms with Crippen molar-refractivity contribution in [1.82, 2.24) is 0 Å². The molecule has 90 valence electrons. The van der Waals surface area contributed by atoms with Crippen LogP contribution >= 0.6 is 31.9 Å². The summed E-state index contributed by atoms with van der Waals surface area (Å²) in [5.41, 5.74) is 1.39. The number of alkyl halides is 1. The molecule has 16 heavy (non-hydrogen) atoms. The summed E-state index contributed by atoms with van der Waals surface area (Å²) in [6.07, 6.45) is 5.18. The molecule has 0 fully saturated rings. The van der Waals surface area contributed by atoms with Crippen molar-refractivity contribution in [2.45, 2.75) is 44.4 Å². The molecule has 0 nitrogen and oxygen atoms in total. The first kappa shape index (κ1) is 14.2. The summed E-state index contributed by atoms with van der Waals surface area (Å²) in [6.45, 7) is 4.54. The van der Waals surface area contributed by atoms with E-state index in [0.717, 1.165) is 10.4 Å². The Morgan fingerprint density at radius 2 is 1.75 bits per heavy atom. The van der Waals surface area contributed by atoms with Gasteiger partial charge in [-0.3, -0.25) is 0 Å². The van der Waals surface area contributed by atoms with Gasteiger partial charge in [-0.2, -0.15) is 0 Å². The second-order valence-electron chi connectivity index (χ2n) is 4.26. The molecule has 1 aromatic carbocycles. The topological polar surface area (TPSA) is 0 Å². The van der Waals surface area contributed by atoms with Crippen molar-refractivity contribution >= 4 is 31.9 Å².